The summed E-state index contributed by atoms with van der Waals surface area (Å²) in [5.41, 5.74) is 2.11. The summed E-state index contributed by atoms with van der Waals surface area (Å²) < 4.78 is 1.98. The SMILES string of the molecule is O=C(CCCc1ccccc1Cl)NCc1ncc2ccccn12. The van der Waals surface area contributed by atoms with Crippen molar-refractivity contribution in [3.63, 3.8) is 0 Å². The molecule has 3 aromatic rings. The van der Waals surface area contributed by atoms with Crippen LogP contribution in [-0.4, -0.2) is 15.3 Å². The van der Waals surface area contributed by atoms with Gasteiger partial charge in [0.15, 0.2) is 0 Å². The first-order valence-corrected chi connectivity index (χ1v) is 8.03. The summed E-state index contributed by atoms with van der Waals surface area (Å²) in [6.45, 7) is 0.434. The highest BCUT2D eigenvalue weighted by molar-refractivity contribution is 6.31. The van der Waals surface area contributed by atoms with Gasteiger partial charge in [0.1, 0.15) is 5.82 Å². The standard InChI is InChI=1S/C18H18ClN3O/c19-16-9-2-1-6-14(16)7-5-10-18(23)21-13-17-20-12-15-8-3-4-11-22(15)17/h1-4,6,8-9,11-12H,5,7,10,13H2,(H,21,23). The lowest BCUT2D eigenvalue weighted by atomic mass is 10.1. The van der Waals surface area contributed by atoms with Crippen LogP contribution in [0.15, 0.2) is 54.9 Å². The van der Waals surface area contributed by atoms with Crippen molar-refractivity contribution in [1.29, 1.82) is 0 Å². The number of pyridine rings is 1. The van der Waals surface area contributed by atoms with Gasteiger partial charge in [-0.05, 0) is 36.6 Å². The largest absolute Gasteiger partial charge is 0.349 e. The molecule has 5 heteroatoms. The van der Waals surface area contributed by atoms with Crippen LogP contribution in [-0.2, 0) is 17.8 Å². The first-order chi connectivity index (χ1) is 11.2. The predicted molar refractivity (Wildman–Crippen MR) is 91.4 cm³/mol. The summed E-state index contributed by atoms with van der Waals surface area (Å²) in [6.07, 6.45) is 5.81. The van der Waals surface area contributed by atoms with E-state index in [4.69, 9.17) is 11.6 Å². The fourth-order valence-electron chi connectivity index (χ4n) is 2.54. The minimum atomic E-state index is 0.0322. The molecule has 0 aliphatic rings. The third-order valence-electron chi connectivity index (χ3n) is 3.77. The Morgan fingerprint density at radius 2 is 2.00 bits per heavy atom. The predicted octanol–water partition coefficient (Wildman–Crippen LogP) is 3.63. The van der Waals surface area contributed by atoms with Crippen molar-refractivity contribution in [2.75, 3.05) is 0 Å². The minimum absolute atomic E-state index is 0.0322. The van der Waals surface area contributed by atoms with E-state index in [0.717, 1.165) is 34.8 Å². The lowest BCUT2D eigenvalue weighted by molar-refractivity contribution is -0.121. The topological polar surface area (TPSA) is 46.4 Å². The van der Waals surface area contributed by atoms with Crippen molar-refractivity contribution in [2.45, 2.75) is 25.8 Å². The number of benzene rings is 1. The van der Waals surface area contributed by atoms with Crippen LogP contribution in [0.1, 0.15) is 24.2 Å². The van der Waals surface area contributed by atoms with E-state index in [9.17, 15) is 4.79 Å². The van der Waals surface area contributed by atoms with Crippen LogP contribution in [0.25, 0.3) is 5.52 Å². The number of halogens is 1. The Hall–Kier alpha value is -2.33. The monoisotopic (exact) mass is 327 g/mol. The molecule has 0 atom stereocenters. The van der Waals surface area contributed by atoms with E-state index in [1.165, 1.54) is 0 Å². The van der Waals surface area contributed by atoms with Crippen LogP contribution in [0, 0.1) is 0 Å². The van der Waals surface area contributed by atoms with Crippen LogP contribution >= 0.6 is 11.6 Å². The van der Waals surface area contributed by atoms with Gasteiger partial charge in [0.25, 0.3) is 0 Å². The number of carbonyl (C=O) groups is 1. The summed E-state index contributed by atoms with van der Waals surface area (Å²) in [6, 6.07) is 13.6. The normalized spacial score (nSPS) is 10.8. The lowest BCUT2D eigenvalue weighted by Crippen LogP contribution is -2.23. The number of fused-ring (bicyclic) bond motifs is 1. The van der Waals surface area contributed by atoms with Crippen molar-refractivity contribution in [2.24, 2.45) is 0 Å². The smallest absolute Gasteiger partial charge is 0.220 e. The highest BCUT2D eigenvalue weighted by Crippen LogP contribution is 2.17. The number of carbonyl (C=O) groups excluding carboxylic acids is 1. The number of imidazole rings is 1. The molecule has 23 heavy (non-hydrogen) atoms. The van der Waals surface area contributed by atoms with Crippen LogP contribution < -0.4 is 5.32 Å². The molecule has 0 saturated heterocycles. The maximum Gasteiger partial charge on any atom is 0.220 e. The molecule has 0 saturated carbocycles. The van der Waals surface area contributed by atoms with E-state index >= 15 is 0 Å². The Bertz CT molecular complexity index is 813. The Labute approximate surface area is 140 Å². The average molecular weight is 328 g/mol. The maximum absolute atomic E-state index is 12.0. The van der Waals surface area contributed by atoms with Crippen molar-refractivity contribution in [3.8, 4) is 0 Å². The molecule has 0 unspecified atom stereocenters. The zero-order chi connectivity index (χ0) is 16.1. The van der Waals surface area contributed by atoms with Gasteiger partial charge in [0.05, 0.1) is 18.3 Å². The van der Waals surface area contributed by atoms with E-state index in [1.807, 2.05) is 53.1 Å². The molecule has 0 aliphatic heterocycles. The van der Waals surface area contributed by atoms with Crippen molar-refractivity contribution < 1.29 is 4.79 Å². The second kappa shape index (κ2) is 7.29. The van der Waals surface area contributed by atoms with Gasteiger partial charge in [-0.15, -0.1) is 0 Å². The molecule has 0 fully saturated rings. The second-order valence-corrected chi connectivity index (χ2v) is 5.80. The zero-order valence-corrected chi connectivity index (χ0v) is 13.5. The molecule has 0 radical (unpaired) electrons. The second-order valence-electron chi connectivity index (χ2n) is 5.39. The van der Waals surface area contributed by atoms with E-state index in [2.05, 4.69) is 10.3 Å². The molecule has 1 amide bonds. The summed E-state index contributed by atoms with van der Waals surface area (Å²) in [5.74, 6) is 0.866. The first-order valence-electron chi connectivity index (χ1n) is 7.65. The number of amides is 1. The molecule has 2 heterocycles. The van der Waals surface area contributed by atoms with Crippen molar-refractivity contribution in [3.05, 3.63) is 71.3 Å². The highest BCUT2D eigenvalue weighted by Gasteiger charge is 2.06. The Morgan fingerprint density at radius 1 is 1.17 bits per heavy atom. The van der Waals surface area contributed by atoms with Gasteiger partial charge in [0, 0.05) is 17.6 Å². The molecule has 0 bridgehead atoms. The third kappa shape index (κ3) is 3.90. The third-order valence-corrected chi connectivity index (χ3v) is 4.14. The first kappa shape index (κ1) is 15.6. The van der Waals surface area contributed by atoms with E-state index < -0.39 is 0 Å². The van der Waals surface area contributed by atoms with E-state index in [0.29, 0.717) is 13.0 Å². The molecule has 1 N–H and O–H groups in total. The molecule has 4 nitrogen and oxygen atoms in total. The summed E-state index contributed by atoms with van der Waals surface area (Å²) in [7, 11) is 0. The van der Waals surface area contributed by atoms with Gasteiger partial charge in [-0.1, -0.05) is 35.9 Å². The van der Waals surface area contributed by atoms with Gasteiger partial charge in [-0.3, -0.25) is 4.79 Å². The Morgan fingerprint density at radius 3 is 2.87 bits per heavy atom. The fourth-order valence-corrected chi connectivity index (χ4v) is 2.77. The van der Waals surface area contributed by atoms with Crippen LogP contribution in [0.2, 0.25) is 5.02 Å². The van der Waals surface area contributed by atoms with E-state index in [-0.39, 0.29) is 5.91 Å². The Kier molecular flexibility index (Phi) is 4.93. The summed E-state index contributed by atoms with van der Waals surface area (Å²) in [4.78, 5) is 16.3. The number of nitrogens with one attached hydrogen (secondary N) is 1. The number of nitrogens with zero attached hydrogens (tertiary/aromatic N) is 2. The van der Waals surface area contributed by atoms with Crippen molar-refractivity contribution in [1.82, 2.24) is 14.7 Å². The number of hydrogen-bond donors (Lipinski definition) is 1. The molecule has 1 aromatic carbocycles. The highest BCUT2D eigenvalue weighted by atomic mass is 35.5. The fraction of sp³-hybridized carbons (Fsp3) is 0.222. The number of rotatable bonds is 6. The average Bonchev–Trinajstić information content (AvgIpc) is 2.98. The number of aromatic nitrogens is 2. The number of hydrogen-bond acceptors (Lipinski definition) is 2. The zero-order valence-electron chi connectivity index (χ0n) is 12.7. The van der Waals surface area contributed by atoms with Crippen LogP contribution in [0.5, 0.6) is 0 Å². The van der Waals surface area contributed by atoms with Crippen LogP contribution in [0.3, 0.4) is 0 Å². The van der Waals surface area contributed by atoms with Gasteiger partial charge < -0.3 is 9.72 Å². The molecule has 2 aromatic heterocycles. The minimum Gasteiger partial charge on any atom is -0.349 e. The van der Waals surface area contributed by atoms with Gasteiger partial charge in [-0.25, -0.2) is 4.98 Å². The maximum atomic E-state index is 12.0. The molecule has 118 valence electrons. The lowest BCUT2D eigenvalue weighted by Gasteiger charge is -2.06. The Balaban J connectivity index is 1.47. The molecule has 3 rings (SSSR count). The van der Waals surface area contributed by atoms with Crippen molar-refractivity contribution >= 4 is 23.0 Å². The van der Waals surface area contributed by atoms with Gasteiger partial charge in [-0.2, -0.15) is 0 Å². The van der Waals surface area contributed by atoms with E-state index in [1.54, 1.807) is 6.20 Å². The summed E-state index contributed by atoms with van der Waals surface area (Å²) in [5, 5.41) is 3.68. The quantitative estimate of drug-likeness (QED) is 0.751. The van der Waals surface area contributed by atoms with Gasteiger partial charge >= 0.3 is 0 Å². The van der Waals surface area contributed by atoms with Crippen LogP contribution in [0.4, 0.5) is 0 Å². The summed E-state index contributed by atoms with van der Waals surface area (Å²) >= 11 is 6.11. The molecule has 0 aliphatic carbocycles. The molecule has 0 spiro atoms. The molecular formula is C18H18ClN3O. The molecular weight excluding hydrogens is 310 g/mol. The van der Waals surface area contributed by atoms with Gasteiger partial charge in [0.2, 0.25) is 5.91 Å². The number of aryl methyl sites for hydroxylation is 1.